The van der Waals surface area contributed by atoms with Crippen LogP contribution in [-0.2, 0) is 0 Å². The third kappa shape index (κ3) is 6.55. The molecular formula is C18H13ClF4N3NaO2. The Morgan fingerprint density at radius 3 is 2.45 bits per heavy atom. The van der Waals surface area contributed by atoms with Crippen LogP contribution >= 0.6 is 11.6 Å². The van der Waals surface area contributed by atoms with E-state index in [9.17, 15) is 17.6 Å². The van der Waals surface area contributed by atoms with E-state index in [0.717, 1.165) is 12.1 Å². The smallest absolute Gasteiger partial charge is 0.870 e. The van der Waals surface area contributed by atoms with Gasteiger partial charge in [0.1, 0.15) is 5.75 Å². The molecule has 0 aliphatic carbocycles. The summed E-state index contributed by atoms with van der Waals surface area (Å²) in [6, 6.07) is 13.9. The summed E-state index contributed by atoms with van der Waals surface area (Å²) in [5.74, 6) is -0.252. The first-order valence-electron chi connectivity index (χ1n) is 7.65. The van der Waals surface area contributed by atoms with E-state index in [1.54, 1.807) is 30.3 Å². The average Bonchev–Trinajstić information content (AvgIpc) is 2.62. The average molecular weight is 438 g/mol. The van der Waals surface area contributed by atoms with E-state index in [1.807, 2.05) is 0 Å². The Labute approximate surface area is 190 Å². The maximum atomic E-state index is 13.0. The summed E-state index contributed by atoms with van der Waals surface area (Å²) < 4.78 is 54.7. The molecule has 5 nitrogen and oxygen atoms in total. The molecule has 2 N–H and O–H groups in total. The van der Waals surface area contributed by atoms with Crippen molar-refractivity contribution in [3.63, 3.8) is 0 Å². The molecule has 0 aliphatic rings. The maximum absolute atomic E-state index is 13.0. The third-order valence-corrected chi connectivity index (χ3v) is 3.73. The van der Waals surface area contributed by atoms with Gasteiger partial charge in [0.25, 0.3) is 0 Å². The number of nitrogens with zero attached hydrogens (tertiary/aromatic N) is 2. The molecule has 0 atom stereocenters. The molecule has 0 bridgehead atoms. The van der Waals surface area contributed by atoms with Gasteiger partial charge in [-0.05, 0) is 24.3 Å². The summed E-state index contributed by atoms with van der Waals surface area (Å²) in [5.41, 5.74) is 1.53. The van der Waals surface area contributed by atoms with Gasteiger partial charge in [-0.15, -0.1) is 0 Å². The van der Waals surface area contributed by atoms with Crippen LogP contribution < -0.4 is 39.6 Å². The summed E-state index contributed by atoms with van der Waals surface area (Å²) in [6.45, 7) is 0. The Bertz CT molecular complexity index is 950. The minimum absolute atomic E-state index is 0. The van der Waals surface area contributed by atoms with Gasteiger partial charge in [-0.25, -0.2) is 9.97 Å². The summed E-state index contributed by atoms with van der Waals surface area (Å²) in [5, 5.41) is 3.32. The molecule has 2 aromatic carbocycles. The van der Waals surface area contributed by atoms with Crippen molar-refractivity contribution in [2.75, 3.05) is 5.32 Å². The van der Waals surface area contributed by atoms with Crippen molar-refractivity contribution in [1.29, 1.82) is 0 Å². The van der Waals surface area contributed by atoms with Gasteiger partial charge in [-0.1, -0.05) is 35.9 Å². The first-order valence-corrected chi connectivity index (χ1v) is 8.03. The Morgan fingerprint density at radius 1 is 1.03 bits per heavy atom. The van der Waals surface area contributed by atoms with E-state index in [-0.39, 0.29) is 46.7 Å². The van der Waals surface area contributed by atoms with Crippen LogP contribution in [0, 0.1) is 0 Å². The van der Waals surface area contributed by atoms with E-state index in [4.69, 9.17) is 11.6 Å². The van der Waals surface area contributed by atoms with Crippen LogP contribution in [-0.4, -0.2) is 28.0 Å². The second-order valence-electron chi connectivity index (χ2n) is 5.36. The zero-order valence-corrected chi connectivity index (χ0v) is 17.7. The van der Waals surface area contributed by atoms with Gasteiger partial charge in [0, 0.05) is 28.5 Å². The largest absolute Gasteiger partial charge is 1.00 e. The zero-order valence-electron chi connectivity index (χ0n) is 15.0. The molecular weight excluding hydrogens is 425 g/mol. The molecule has 0 saturated carbocycles. The molecule has 0 amide bonds. The van der Waals surface area contributed by atoms with Crippen LogP contribution in [0.25, 0.3) is 11.3 Å². The fourth-order valence-corrected chi connectivity index (χ4v) is 2.44. The number of aromatic nitrogens is 2. The van der Waals surface area contributed by atoms with Crippen molar-refractivity contribution in [2.24, 2.45) is 0 Å². The predicted molar refractivity (Wildman–Crippen MR) is 95.7 cm³/mol. The number of rotatable bonds is 6. The quantitative estimate of drug-likeness (QED) is 0.474. The first kappa shape index (κ1) is 25.1. The van der Waals surface area contributed by atoms with Crippen LogP contribution in [0.2, 0.25) is 5.02 Å². The van der Waals surface area contributed by atoms with Crippen molar-refractivity contribution in [3.05, 3.63) is 65.8 Å². The Kier molecular flexibility index (Phi) is 9.31. The van der Waals surface area contributed by atoms with Gasteiger partial charge in [0.2, 0.25) is 5.95 Å². The van der Waals surface area contributed by atoms with E-state index in [2.05, 4.69) is 20.0 Å². The van der Waals surface area contributed by atoms with Crippen LogP contribution in [0.5, 0.6) is 5.75 Å². The third-order valence-electron chi connectivity index (χ3n) is 3.40. The molecule has 3 aromatic rings. The number of anilines is 2. The second-order valence-corrected chi connectivity index (χ2v) is 5.77. The minimum atomic E-state index is -4.58. The molecule has 1 heterocycles. The number of alkyl halides is 4. The number of hydrogen-bond acceptors (Lipinski definition) is 5. The minimum Gasteiger partial charge on any atom is -0.870 e. The SMILES string of the molecule is FC(F)C(F)(F)Oc1cccc(Nc2nccc(-c3ccccc3Cl)n2)c1.[Na+].[OH-]. The molecule has 11 heteroatoms. The van der Waals surface area contributed by atoms with Crippen molar-refractivity contribution < 1.29 is 57.3 Å². The standard InChI is InChI=1S/C18H12ClF4N3O.Na.H2O/c19-14-7-2-1-6-13(14)15-8-9-24-17(26-15)25-11-4-3-5-12(10-11)27-18(22,23)16(20)21;;/h1-10,16H,(H,24,25,26);;1H2/q;+1;/p-1. The van der Waals surface area contributed by atoms with Gasteiger partial charge in [0.15, 0.2) is 0 Å². The molecule has 0 saturated heterocycles. The van der Waals surface area contributed by atoms with E-state index >= 15 is 0 Å². The van der Waals surface area contributed by atoms with Crippen LogP contribution in [0.4, 0.5) is 29.2 Å². The number of nitrogens with one attached hydrogen (secondary N) is 1. The van der Waals surface area contributed by atoms with Crippen molar-refractivity contribution >= 4 is 23.2 Å². The predicted octanol–water partition coefficient (Wildman–Crippen LogP) is 2.60. The number of hydrogen-bond donors (Lipinski definition) is 1. The molecule has 3 rings (SSSR count). The van der Waals surface area contributed by atoms with Crippen LogP contribution in [0.15, 0.2) is 60.8 Å². The molecule has 0 unspecified atom stereocenters. The van der Waals surface area contributed by atoms with Gasteiger partial charge >= 0.3 is 42.1 Å². The van der Waals surface area contributed by atoms with Gasteiger partial charge in [-0.3, -0.25) is 0 Å². The van der Waals surface area contributed by atoms with Crippen LogP contribution in [0.3, 0.4) is 0 Å². The fraction of sp³-hybridized carbons (Fsp3) is 0.111. The summed E-state index contributed by atoms with van der Waals surface area (Å²) in [4.78, 5) is 8.36. The number of ether oxygens (including phenoxy) is 1. The molecule has 148 valence electrons. The van der Waals surface area contributed by atoms with Gasteiger partial charge < -0.3 is 15.5 Å². The Morgan fingerprint density at radius 2 is 1.76 bits per heavy atom. The molecule has 1 aromatic heterocycles. The summed E-state index contributed by atoms with van der Waals surface area (Å²) in [7, 11) is 0. The topological polar surface area (TPSA) is 77.0 Å². The maximum Gasteiger partial charge on any atom is 1.00 e. The van der Waals surface area contributed by atoms with Crippen molar-refractivity contribution in [1.82, 2.24) is 9.97 Å². The number of benzene rings is 2. The van der Waals surface area contributed by atoms with Gasteiger partial charge in [-0.2, -0.15) is 17.6 Å². The Balaban J connectivity index is 0.00000210. The van der Waals surface area contributed by atoms with E-state index < -0.39 is 18.3 Å². The molecule has 0 fully saturated rings. The van der Waals surface area contributed by atoms with Crippen LogP contribution in [0.1, 0.15) is 0 Å². The fourth-order valence-electron chi connectivity index (χ4n) is 2.21. The van der Waals surface area contributed by atoms with Crippen molar-refractivity contribution in [2.45, 2.75) is 12.5 Å². The van der Waals surface area contributed by atoms with E-state index in [0.29, 0.717) is 16.3 Å². The summed E-state index contributed by atoms with van der Waals surface area (Å²) in [6.07, 6.45) is -7.02. The molecule has 0 spiro atoms. The Hall–Kier alpha value is -1.91. The normalized spacial score (nSPS) is 10.7. The second kappa shape index (κ2) is 10.7. The van der Waals surface area contributed by atoms with Crippen molar-refractivity contribution in [3.8, 4) is 17.0 Å². The molecule has 0 aliphatic heterocycles. The zero-order chi connectivity index (χ0) is 19.4. The van der Waals surface area contributed by atoms with E-state index in [1.165, 1.54) is 18.3 Å². The molecule has 0 radical (unpaired) electrons. The number of halogens is 5. The molecule has 29 heavy (non-hydrogen) atoms. The monoisotopic (exact) mass is 437 g/mol. The first-order chi connectivity index (χ1) is 12.8. The summed E-state index contributed by atoms with van der Waals surface area (Å²) >= 11 is 6.15. The van der Waals surface area contributed by atoms with Gasteiger partial charge in [0.05, 0.1) is 5.69 Å².